The first kappa shape index (κ1) is 18.8. The predicted molar refractivity (Wildman–Crippen MR) is 122 cm³/mol. The molecule has 0 aliphatic rings. The molecule has 0 bridgehead atoms. The Balaban J connectivity index is 1.39. The molecule has 0 saturated heterocycles. The predicted octanol–water partition coefficient (Wildman–Crippen LogP) is 6.07. The molecule has 0 aliphatic heterocycles. The lowest BCUT2D eigenvalue weighted by Gasteiger charge is -2.17. The molecule has 0 spiro atoms. The van der Waals surface area contributed by atoms with Crippen molar-refractivity contribution < 1.29 is 9.21 Å². The summed E-state index contributed by atoms with van der Waals surface area (Å²) in [7, 11) is 0. The summed E-state index contributed by atoms with van der Waals surface area (Å²) in [6.07, 6.45) is 0.226. The van der Waals surface area contributed by atoms with Crippen molar-refractivity contribution in [3.63, 3.8) is 0 Å². The first-order chi connectivity index (χ1) is 14.8. The summed E-state index contributed by atoms with van der Waals surface area (Å²) in [6.45, 7) is 0. The molecule has 0 fully saturated rings. The van der Waals surface area contributed by atoms with E-state index >= 15 is 0 Å². The van der Waals surface area contributed by atoms with Gasteiger partial charge < -0.3 is 9.73 Å². The molecular formula is C24H18N2O2S2. The van der Waals surface area contributed by atoms with Gasteiger partial charge in [-0.25, -0.2) is 4.98 Å². The Morgan fingerprint density at radius 2 is 1.87 bits per heavy atom. The van der Waals surface area contributed by atoms with Crippen LogP contribution in [0.2, 0.25) is 0 Å². The fourth-order valence-corrected chi connectivity index (χ4v) is 4.92. The van der Waals surface area contributed by atoms with Gasteiger partial charge in [0.15, 0.2) is 0 Å². The van der Waals surface area contributed by atoms with Gasteiger partial charge >= 0.3 is 0 Å². The summed E-state index contributed by atoms with van der Waals surface area (Å²) in [5.74, 6) is 0.625. The van der Waals surface area contributed by atoms with Crippen molar-refractivity contribution in [2.24, 2.45) is 0 Å². The number of thiazole rings is 1. The Bertz CT molecular complexity index is 1240. The number of hydrogen-bond donors (Lipinski definition) is 1. The summed E-state index contributed by atoms with van der Waals surface area (Å²) in [5.41, 5.74) is 3.65. The van der Waals surface area contributed by atoms with Crippen LogP contribution in [0, 0.1) is 0 Å². The normalized spacial score (nSPS) is 12.1. The Labute approximate surface area is 181 Å². The maximum Gasteiger partial charge on any atom is 0.226 e. The van der Waals surface area contributed by atoms with Crippen LogP contribution in [0.5, 0.6) is 0 Å². The van der Waals surface area contributed by atoms with Crippen molar-refractivity contribution in [3.8, 4) is 10.6 Å². The number of para-hydroxylation sites is 1. The first-order valence-electron chi connectivity index (χ1n) is 9.56. The molecule has 148 valence electrons. The van der Waals surface area contributed by atoms with Gasteiger partial charge in [0, 0.05) is 21.7 Å². The molecule has 6 heteroatoms. The third-order valence-electron chi connectivity index (χ3n) is 4.83. The smallest absolute Gasteiger partial charge is 0.226 e. The Morgan fingerprint density at radius 3 is 2.67 bits per heavy atom. The van der Waals surface area contributed by atoms with Crippen molar-refractivity contribution >= 4 is 39.5 Å². The van der Waals surface area contributed by atoms with Crippen molar-refractivity contribution in [2.45, 2.75) is 12.5 Å². The molecule has 0 saturated carbocycles. The third-order valence-corrected chi connectivity index (χ3v) is 6.45. The number of amides is 1. The van der Waals surface area contributed by atoms with Gasteiger partial charge in [-0.05, 0) is 29.1 Å². The second kappa shape index (κ2) is 8.26. The number of fused-ring (bicyclic) bond motifs is 1. The van der Waals surface area contributed by atoms with Crippen LogP contribution in [-0.4, -0.2) is 10.9 Å². The number of hydrogen-bond acceptors (Lipinski definition) is 5. The minimum Gasteiger partial charge on any atom is -0.459 e. The van der Waals surface area contributed by atoms with Crippen LogP contribution >= 0.6 is 22.7 Å². The minimum absolute atomic E-state index is 0.0912. The van der Waals surface area contributed by atoms with E-state index in [4.69, 9.17) is 4.42 Å². The topological polar surface area (TPSA) is 55.1 Å². The van der Waals surface area contributed by atoms with E-state index in [1.165, 1.54) is 0 Å². The highest BCUT2D eigenvalue weighted by molar-refractivity contribution is 7.14. The first-order valence-corrected chi connectivity index (χ1v) is 11.4. The molecule has 1 atom stereocenters. The molecule has 3 aromatic heterocycles. The molecule has 30 heavy (non-hydrogen) atoms. The molecule has 5 rings (SSSR count). The molecule has 1 amide bonds. The highest BCUT2D eigenvalue weighted by Crippen LogP contribution is 2.29. The van der Waals surface area contributed by atoms with Crippen LogP contribution in [0.1, 0.15) is 23.1 Å². The Morgan fingerprint density at radius 1 is 1.03 bits per heavy atom. The van der Waals surface area contributed by atoms with E-state index < -0.39 is 0 Å². The highest BCUT2D eigenvalue weighted by atomic mass is 32.1. The minimum atomic E-state index is -0.360. The number of thiophene rings is 1. The van der Waals surface area contributed by atoms with E-state index in [9.17, 15) is 4.79 Å². The molecule has 0 radical (unpaired) electrons. The average molecular weight is 431 g/mol. The summed E-state index contributed by atoms with van der Waals surface area (Å²) in [5, 5.41) is 11.1. The van der Waals surface area contributed by atoms with Gasteiger partial charge in [0.1, 0.15) is 22.4 Å². The number of benzene rings is 2. The second-order valence-electron chi connectivity index (χ2n) is 6.93. The van der Waals surface area contributed by atoms with E-state index in [0.717, 1.165) is 32.8 Å². The largest absolute Gasteiger partial charge is 0.459 e. The van der Waals surface area contributed by atoms with E-state index in [1.807, 2.05) is 77.5 Å². The van der Waals surface area contributed by atoms with E-state index in [0.29, 0.717) is 5.76 Å². The standard InChI is InChI=1S/C24H18N2O2S2/c27-22(13-19-15-30-24(25-19)18-10-11-29-14-18)26-23(16-6-2-1-3-7-16)21-12-17-8-4-5-9-20(17)28-21/h1-12,14-15,23H,13H2,(H,26,27)/t23-/m1/s1. The summed E-state index contributed by atoms with van der Waals surface area (Å²) in [4.78, 5) is 17.5. The summed E-state index contributed by atoms with van der Waals surface area (Å²) < 4.78 is 6.06. The molecule has 0 unspecified atom stereocenters. The van der Waals surface area contributed by atoms with E-state index in [-0.39, 0.29) is 18.4 Å². The SMILES string of the molecule is O=C(Cc1csc(-c2ccsc2)n1)N[C@H](c1ccccc1)c1cc2ccccc2o1. The Hall–Kier alpha value is -3.22. The van der Waals surface area contributed by atoms with Crippen LogP contribution in [0.15, 0.2) is 87.3 Å². The molecular weight excluding hydrogens is 412 g/mol. The number of nitrogens with one attached hydrogen (secondary N) is 1. The van der Waals surface area contributed by atoms with Gasteiger partial charge in [0.05, 0.1) is 12.1 Å². The fraction of sp³-hybridized carbons (Fsp3) is 0.0833. The van der Waals surface area contributed by atoms with Gasteiger partial charge in [-0.3, -0.25) is 4.79 Å². The van der Waals surface area contributed by atoms with Crippen molar-refractivity contribution in [3.05, 3.63) is 99.9 Å². The second-order valence-corrected chi connectivity index (χ2v) is 8.57. The molecule has 4 nitrogen and oxygen atoms in total. The van der Waals surface area contributed by atoms with Gasteiger partial charge in [-0.2, -0.15) is 11.3 Å². The Kier molecular flexibility index (Phi) is 5.17. The van der Waals surface area contributed by atoms with Crippen LogP contribution in [0.4, 0.5) is 0 Å². The van der Waals surface area contributed by atoms with Crippen LogP contribution in [0.3, 0.4) is 0 Å². The molecule has 0 aliphatic carbocycles. The highest BCUT2D eigenvalue weighted by Gasteiger charge is 2.21. The van der Waals surface area contributed by atoms with E-state index in [1.54, 1.807) is 22.7 Å². The molecule has 1 N–H and O–H groups in total. The maximum atomic E-state index is 12.9. The third kappa shape index (κ3) is 3.92. The van der Waals surface area contributed by atoms with Crippen molar-refractivity contribution in [1.29, 1.82) is 0 Å². The number of rotatable bonds is 6. The van der Waals surface area contributed by atoms with Gasteiger partial charge in [0.25, 0.3) is 0 Å². The van der Waals surface area contributed by atoms with Crippen LogP contribution in [-0.2, 0) is 11.2 Å². The van der Waals surface area contributed by atoms with E-state index in [2.05, 4.69) is 15.7 Å². The zero-order valence-electron chi connectivity index (χ0n) is 15.9. The lowest BCUT2D eigenvalue weighted by Crippen LogP contribution is -2.30. The summed E-state index contributed by atoms with van der Waals surface area (Å²) >= 11 is 3.20. The van der Waals surface area contributed by atoms with Crippen molar-refractivity contribution in [2.75, 3.05) is 0 Å². The quantitative estimate of drug-likeness (QED) is 0.356. The molecule has 2 aromatic carbocycles. The number of aromatic nitrogens is 1. The zero-order valence-corrected chi connectivity index (χ0v) is 17.6. The molecule has 3 heterocycles. The zero-order chi connectivity index (χ0) is 20.3. The number of carbonyl (C=O) groups is 1. The number of carbonyl (C=O) groups excluding carboxylic acids is 1. The van der Waals surface area contributed by atoms with Crippen molar-refractivity contribution in [1.82, 2.24) is 10.3 Å². The monoisotopic (exact) mass is 430 g/mol. The average Bonchev–Trinajstić information content (AvgIpc) is 3.52. The molecule has 5 aromatic rings. The fourth-order valence-electron chi connectivity index (χ4n) is 3.39. The van der Waals surface area contributed by atoms with Crippen LogP contribution in [0.25, 0.3) is 21.5 Å². The lowest BCUT2D eigenvalue weighted by molar-refractivity contribution is -0.121. The number of nitrogens with zero attached hydrogens (tertiary/aromatic N) is 1. The van der Waals surface area contributed by atoms with Gasteiger partial charge in [-0.15, -0.1) is 11.3 Å². The number of furan rings is 1. The van der Waals surface area contributed by atoms with Gasteiger partial charge in [0.2, 0.25) is 5.91 Å². The maximum absolute atomic E-state index is 12.9. The lowest BCUT2D eigenvalue weighted by atomic mass is 10.0. The summed E-state index contributed by atoms with van der Waals surface area (Å²) in [6, 6.07) is 21.4. The van der Waals surface area contributed by atoms with Crippen LogP contribution < -0.4 is 5.32 Å². The van der Waals surface area contributed by atoms with Gasteiger partial charge in [-0.1, -0.05) is 48.5 Å².